The van der Waals surface area contributed by atoms with Crippen molar-refractivity contribution in [1.29, 1.82) is 0 Å². The summed E-state index contributed by atoms with van der Waals surface area (Å²) in [4.78, 5) is 8.13. The predicted octanol–water partition coefficient (Wildman–Crippen LogP) is 2.29. The summed E-state index contributed by atoms with van der Waals surface area (Å²) in [5, 5.41) is 30.9. The van der Waals surface area contributed by atoms with Gasteiger partial charge in [0, 0.05) is 24.0 Å². The van der Waals surface area contributed by atoms with Crippen LogP contribution in [0.4, 0.5) is 0 Å². The molecule has 158 valence electrons. The van der Waals surface area contributed by atoms with Gasteiger partial charge in [-0.1, -0.05) is 72.4 Å². The van der Waals surface area contributed by atoms with Gasteiger partial charge in [0.25, 0.3) is 0 Å². The molecule has 4 N–H and O–H groups in total. The van der Waals surface area contributed by atoms with Gasteiger partial charge in [0.05, 0.1) is 17.5 Å². The van der Waals surface area contributed by atoms with Crippen molar-refractivity contribution < 1.29 is 24.8 Å². The van der Waals surface area contributed by atoms with Gasteiger partial charge in [0.2, 0.25) is 0 Å². The van der Waals surface area contributed by atoms with Crippen molar-refractivity contribution in [3.05, 3.63) is 60.7 Å². The summed E-state index contributed by atoms with van der Waals surface area (Å²) in [5.41, 5.74) is 3.74. The van der Waals surface area contributed by atoms with Crippen molar-refractivity contribution in [2.45, 2.75) is 35.9 Å². The molecule has 0 aliphatic carbocycles. The first-order valence-electron chi connectivity index (χ1n) is 9.64. The first kappa shape index (κ1) is 21.0. The standard InChI is InChI=1S/C22H24N2O5S/c1-28-21-20(27)19(26)18(25)15(29-21)12-30-22-23-16(13-8-4-2-5-9-13)17(24-22)14-10-6-3-7-11-14/h2-11,15,18-21,25-27H,12H2,1H3,(H,23,24)/t15-,18+,19-,20+,21+/m1/s1. The van der Waals surface area contributed by atoms with Crippen LogP contribution in [-0.4, -0.2) is 68.9 Å². The minimum absolute atomic E-state index is 0.320. The first-order valence-corrected chi connectivity index (χ1v) is 10.6. The Labute approximate surface area is 178 Å². The van der Waals surface area contributed by atoms with Gasteiger partial charge in [-0.05, 0) is 0 Å². The fraction of sp³-hybridized carbons (Fsp3) is 0.318. The average Bonchev–Trinajstić information content (AvgIpc) is 3.23. The summed E-state index contributed by atoms with van der Waals surface area (Å²) in [5.74, 6) is 0.320. The van der Waals surface area contributed by atoms with Gasteiger partial charge in [0.15, 0.2) is 11.4 Å². The van der Waals surface area contributed by atoms with E-state index in [1.807, 2.05) is 60.7 Å². The number of aliphatic hydroxyl groups is 3. The highest BCUT2D eigenvalue weighted by Gasteiger charge is 2.43. The third-order valence-electron chi connectivity index (χ3n) is 5.08. The second kappa shape index (κ2) is 9.30. The fourth-order valence-electron chi connectivity index (χ4n) is 3.45. The number of nitrogens with one attached hydrogen (secondary N) is 1. The Morgan fingerprint density at radius 2 is 1.57 bits per heavy atom. The molecule has 0 unspecified atom stereocenters. The van der Waals surface area contributed by atoms with Crippen LogP contribution in [0.15, 0.2) is 65.8 Å². The lowest BCUT2D eigenvalue weighted by atomic mass is 10.00. The van der Waals surface area contributed by atoms with E-state index in [2.05, 4.69) is 4.98 Å². The topological polar surface area (TPSA) is 108 Å². The molecule has 0 saturated carbocycles. The number of aliphatic hydroxyl groups excluding tert-OH is 3. The summed E-state index contributed by atoms with van der Waals surface area (Å²) >= 11 is 1.37. The Morgan fingerprint density at radius 3 is 2.20 bits per heavy atom. The van der Waals surface area contributed by atoms with E-state index in [1.54, 1.807) is 0 Å². The highest BCUT2D eigenvalue weighted by molar-refractivity contribution is 7.99. The molecular weight excluding hydrogens is 404 g/mol. The van der Waals surface area contributed by atoms with Crippen molar-refractivity contribution in [1.82, 2.24) is 9.97 Å². The second-order valence-electron chi connectivity index (χ2n) is 7.06. The van der Waals surface area contributed by atoms with Gasteiger partial charge in [0.1, 0.15) is 18.3 Å². The van der Waals surface area contributed by atoms with Crippen LogP contribution < -0.4 is 0 Å². The van der Waals surface area contributed by atoms with Gasteiger partial charge >= 0.3 is 0 Å². The van der Waals surface area contributed by atoms with Crippen LogP contribution in [0.3, 0.4) is 0 Å². The smallest absolute Gasteiger partial charge is 0.186 e. The van der Waals surface area contributed by atoms with E-state index in [4.69, 9.17) is 14.5 Å². The van der Waals surface area contributed by atoms with E-state index < -0.39 is 30.7 Å². The van der Waals surface area contributed by atoms with Crippen molar-refractivity contribution in [2.24, 2.45) is 0 Å². The summed E-state index contributed by atoms with van der Waals surface area (Å²) in [7, 11) is 1.38. The third-order valence-corrected chi connectivity index (χ3v) is 6.04. The Hall–Kier alpha value is -2.20. The Kier molecular flexibility index (Phi) is 6.52. The molecule has 7 nitrogen and oxygen atoms in total. The van der Waals surface area contributed by atoms with Crippen molar-refractivity contribution in [3.8, 4) is 22.5 Å². The maximum absolute atomic E-state index is 10.3. The molecule has 3 aromatic rings. The van der Waals surface area contributed by atoms with Crippen LogP contribution >= 0.6 is 11.8 Å². The van der Waals surface area contributed by atoms with Crippen LogP contribution in [0.1, 0.15) is 0 Å². The molecule has 1 fully saturated rings. The number of rotatable bonds is 6. The molecule has 2 aromatic carbocycles. The minimum Gasteiger partial charge on any atom is -0.388 e. The van der Waals surface area contributed by atoms with Gasteiger partial charge in [-0.15, -0.1) is 0 Å². The predicted molar refractivity (Wildman–Crippen MR) is 114 cm³/mol. The Bertz CT molecular complexity index is 894. The minimum atomic E-state index is -1.34. The molecule has 0 bridgehead atoms. The van der Waals surface area contributed by atoms with Crippen LogP contribution in [0.25, 0.3) is 22.5 Å². The second-order valence-corrected chi connectivity index (χ2v) is 8.07. The van der Waals surface area contributed by atoms with E-state index in [9.17, 15) is 15.3 Å². The van der Waals surface area contributed by atoms with Crippen LogP contribution in [-0.2, 0) is 9.47 Å². The SMILES string of the molecule is CO[C@H]1O[C@H](CSc2nc(-c3ccccc3)c(-c3ccccc3)[nH]2)[C@H](O)[C@@H](O)[C@@H]1O. The van der Waals surface area contributed by atoms with E-state index in [0.29, 0.717) is 10.9 Å². The average molecular weight is 429 g/mol. The van der Waals surface area contributed by atoms with Crippen molar-refractivity contribution in [2.75, 3.05) is 12.9 Å². The van der Waals surface area contributed by atoms with E-state index in [1.165, 1.54) is 18.9 Å². The zero-order valence-electron chi connectivity index (χ0n) is 16.4. The van der Waals surface area contributed by atoms with Crippen molar-refractivity contribution in [3.63, 3.8) is 0 Å². The molecule has 8 heteroatoms. The maximum Gasteiger partial charge on any atom is 0.186 e. The number of hydrogen-bond acceptors (Lipinski definition) is 7. The number of imidazole rings is 1. The van der Waals surface area contributed by atoms with Gasteiger partial charge in [-0.2, -0.15) is 0 Å². The largest absolute Gasteiger partial charge is 0.388 e. The van der Waals surface area contributed by atoms with Crippen LogP contribution in [0.5, 0.6) is 0 Å². The Balaban J connectivity index is 1.57. The number of aromatic nitrogens is 2. The molecule has 1 saturated heterocycles. The summed E-state index contributed by atoms with van der Waals surface area (Å²) < 4.78 is 10.7. The number of aromatic amines is 1. The number of ether oxygens (including phenoxy) is 2. The van der Waals surface area contributed by atoms with E-state index >= 15 is 0 Å². The first-order chi connectivity index (χ1) is 14.6. The monoisotopic (exact) mass is 428 g/mol. The zero-order valence-corrected chi connectivity index (χ0v) is 17.2. The summed E-state index contributed by atoms with van der Waals surface area (Å²) in [6.07, 6.45) is -5.58. The molecule has 0 spiro atoms. The molecule has 5 atom stereocenters. The molecule has 2 heterocycles. The van der Waals surface area contributed by atoms with E-state index in [0.717, 1.165) is 22.5 Å². The summed E-state index contributed by atoms with van der Waals surface area (Å²) in [6, 6.07) is 19.9. The van der Waals surface area contributed by atoms with Gasteiger partial charge in [-0.25, -0.2) is 4.98 Å². The van der Waals surface area contributed by atoms with Crippen LogP contribution in [0, 0.1) is 0 Å². The third kappa shape index (κ3) is 4.29. The van der Waals surface area contributed by atoms with E-state index in [-0.39, 0.29) is 0 Å². The lowest BCUT2D eigenvalue weighted by molar-refractivity contribution is -0.284. The number of hydrogen-bond donors (Lipinski definition) is 4. The molecule has 1 aliphatic rings. The molecule has 4 rings (SSSR count). The zero-order chi connectivity index (χ0) is 21.1. The fourth-order valence-corrected chi connectivity index (χ4v) is 4.38. The molecule has 1 aromatic heterocycles. The number of thioether (sulfide) groups is 1. The lowest BCUT2D eigenvalue weighted by Gasteiger charge is -2.39. The number of benzene rings is 2. The maximum atomic E-state index is 10.3. The summed E-state index contributed by atoms with van der Waals surface area (Å²) in [6.45, 7) is 0. The Morgan fingerprint density at radius 1 is 0.933 bits per heavy atom. The highest BCUT2D eigenvalue weighted by atomic mass is 32.2. The molecule has 0 radical (unpaired) electrons. The van der Waals surface area contributed by atoms with Crippen molar-refractivity contribution >= 4 is 11.8 Å². The van der Waals surface area contributed by atoms with Crippen LogP contribution in [0.2, 0.25) is 0 Å². The normalized spacial score (nSPS) is 26.6. The number of H-pyrrole nitrogens is 1. The quantitative estimate of drug-likeness (QED) is 0.446. The molecular formula is C22H24N2O5S. The van der Waals surface area contributed by atoms with Gasteiger partial charge in [-0.3, -0.25) is 0 Å². The molecule has 0 amide bonds. The molecule has 30 heavy (non-hydrogen) atoms. The molecule has 1 aliphatic heterocycles. The lowest BCUT2D eigenvalue weighted by Crippen LogP contribution is -2.58. The van der Waals surface area contributed by atoms with Gasteiger partial charge < -0.3 is 29.8 Å². The highest BCUT2D eigenvalue weighted by Crippen LogP contribution is 2.33. The number of nitrogens with zero attached hydrogens (tertiary/aromatic N) is 1. The number of methoxy groups -OCH3 is 1.